The van der Waals surface area contributed by atoms with Gasteiger partial charge in [-0.05, 0) is 0 Å². The van der Waals surface area contributed by atoms with Gasteiger partial charge in [0.05, 0.1) is 0 Å². The number of carboxylic acid groups (broad SMARTS) is 4. The third-order valence-electron chi connectivity index (χ3n) is 0. The number of carboxylic acids is 4. The molecular weight excluding hydrogens is 354 g/mol. The first kappa shape index (κ1) is 76.2. The third kappa shape index (κ3) is 30800. The van der Waals surface area contributed by atoms with Crippen molar-refractivity contribution in [1.29, 1.82) is 0 Å². The predicted molar refractivity (Wildman–Crippen MR) is 96.1 cm³/mol. The monoisotopic (exact) mass is 386 g/mol. The van der Waals surface area contributed by atoms with Crippen molar-refractivity contribution in [2.75, 3.05) is 0 Å². The van der Waals surface area contributed by atoms with Crippen molar-refractivity contribution >= 4 is 83.0 Å². The fraction of sp³-hybridized carbons (Fsp3) is 0.400. The van der Waals surface area contributed by atoms with E-state index in [1.54, 1.807) is 0 Å². The molecule has 0 aromatic carbocycles. The van der Waals surface area contributed by atoms with E-state index < -0.39 is 23.9 Å². The Kier molecular flexibility index (Phi) is 250. The van der Waals surface area contributed by atoms with Crippen molar-refractivity contribution in [1.82, 2.24) is 12.3 Å². The van der Waals surface area contributed by atoms with E-state index in [0.717, 1.165) is 27.7 Å². The molecule has 0 aliphatic heterocycles. The minimum absolute atomic E-state index is 0. The van der Waals surface area contributed by atoms with E-state index >= 15 is 0 Å². The van der Waals surface area contributed by atoms with Crippen molar-refractivity contribution in [3.8, 4) is 0 Å². The van der Waals surface area contributed by atoms with Crippen LogP contribution < -0.4 is 12.3 Å². The van der Waals surface area contributed by atoms with Crippen LogP contribution in [0.15, 0.2) is 13.2 Å². The summed E-state index contributed by atoms with van der Waals surface area (Å²) >= 11 is 0. The molecule has 0 radical (unpaired) electrons. The van der Waals surface area contributed by atoms with Gasteiger partial charge < -0.3 is 43.7 Å². The number of aliphatic carboxylic acids is 4. The molecule has 0 heterocycles. The van der Waals surface area contributed by atoms with Crippen LogP contribution in [-0.4, -0.2) is 114 Å². The third-order valence-corrected chi connectivity index (χ3v) is 0. The van der Waals surface area contributed by atoms with E-state index in [1.165, 1.54) is 0 Å². The average molecular weight is 386 g/mol. The number of hydrogen-bond donors (Lipinski definition) is 6. The second-order valence-corrected chi connectivity index (χ2v) is 2.08. The number of rotatable bonds is 0. The van der Waals surface area contributed by atoms with Gasteiger partial charge >= 0.3 is 59.1 Å². The van der Waals surface area contributed by atoms with Crippen LogP contribution in [0, 0.1) is 0 Å². The molecule has 0 spiro atoms. The van der Waals surface area contributed by atoms with Crippen molar-refractivity contribution in [2.24, 2.45) is 0 Å². The van der Waals surface area contributed by atoms with Gasteiger partial charge in [-0.1, -0.05) is 0 Å². The normalized spacial score (nSPS) is 4.33. The molecule has 0 fully saturated rings. The van der Waals surface area contributed by atoms with E-state index in [9.17, 15) is 0 Å². The quantitative estimate of drug-likeness (QED) is 0.208. The zero-order valence-electron chi connectivity index (χ0n) is 13.3. The second-order valence-electron chi connectivity index (χ2n) is 2.08. The summed E-state index contributed by atoms with van der Waals surface area (Å²) in [6, 6.07) is 0. The Balaban J connectivity index is -0.00000000932. The molecule has 0 saturated heterocycles. The minimum atomic E-state index is -0.833. The molecule has 0 saturated carbocycles. The zero-order chi connectivity index (χ0) is 16.3. The maximum absolute atomic E-state index is 9.00. The molecule has 144 valence electrons. The summed E-state index contributed by atoms with van der Waals surface area (Å²) in [6.45, 7) is 10.3. The van der Waals surface area contributed by atoms with E-state index in [1.807, 2.05) is 0 Å². The number of carbonyl (C=O) groups is 4. The van der Waals surface area contributed by atoms with Gasteiger partial charge in [0.2, 0.25) is 0 Å². The summed E-state index contributed by atoms with van der Waals surface area (Å²) in [5, 5.41) is 29.7. The van der Waals surface area contributed by atoms with Crippen LogP contribution in [0.4, 0.5) is 0 Å². The molecule has 24 heavy (non-hydrogen) atoms. The molecule has 0 aromatic rings. The Bertz CT molecular complexity index is 192. The van der Waals surface area contributed by atoms with Gasteiger partial charge in [0.25, 0.3) is 23.9 Å². The van der Waals surface area contributed by atoms with Crippen LogP contribution in [0.5, 0.6) is 0 Å². The van der Waals surface area contributed by atoms with Gasteiger partial charge in [-0.2, -0.15) is 0 Å². The van der Waals surface area contributed by atoms with Crippen molar-refractivity contribution in [3.63, 3.8) is 0 Å². The number of hydrogen-bond acceptors (Lipinski definition) is 6. The fourth-order valence-electron chi connectivity index (χ4n) is 0. The van der Waals surface area contributed by atoms with Crippen molar-refractivity contribution in [2.45, 2.75) is 27.7 Å². The van der Waals surface area contributed by atoms with Crippen LogP contribution >= 0.6 is 0 Å². The molecule has 12 nitrogen and oxygen atoms in total. The summed E-state index contributed by atoms with van der Waals surface area (Å²) in [6.07, 6.45) is 0. The van der Waals surface area contributed by atoms with E-state index in [2.05, 4.69) is 13.2 Å². The molecule has 0 bridgehead atoms. The molecule has 0 atom stereocenters. The van der Waals surface area contributed by atoms with Crippen LogP contribution in [-0.2, 0) is 19.2 Å². The first-order valence-corrected chi connectivity index (χ1v) is 4.21. The van der Waals surface area contributed by atoms with Crippen LogP contribution in [0.3, 0.4) is 0 Å². The topological polar surface area (TPSA) is 282 Å². The molecule has 0 amide bonds. The van der Waals surface area contributed by atoms with Crippen molar-refractivity contribution < 1.29 is 50.6 Å². The molecule has 0 aliphatic rings. The Morgan fingerprint density at radius 3 is 0.542 bits per heavy atom. The summed E-state index contributed by atoms with van der Waals surface area (Å²) in [5.41, 5.74) is 0. The Hall–Kier alpha value is -0.540. The van der Waals surface area contributed by atoms with Gasteiger partial charge in [-0.25, -0.2) is 0 Å². The van der Waals surface area contributed by atoms with Crippen molar-refractivity contribution in [3.05, 3.63) is 13.2 Å². The maximum atomic E-state index is 9.00. The van der Waals surface area contributed by atoms with Gasteiger partial charge in [-0.15, -0.1) is 13.2 Å². The standard InChI is InChI=1S/4C2H4O2.C2H4.2H3N.2Na.2H2O.2H/c4*1-2(3)4;1-2;;;;;;;;/h4*1H3,(H,3,4);1-2H2;2*1H3;;;2*1H2;;. The molecule has 0 aromatic heterocycles. The summed E-state index contributed by atoms with van der Waals surface area (Å²) < 4.78 is 0. The van der Waals surface area contributed by atoms with E-state index in [0.29, 0.717) is 0 Å². The second kappa shape index (κ2) is 78.8. The first-order chi connectivity index (χ1) is 7.93. The summed E-state index contributed by atoms with van der Waals surface area (Å²) in [4.78, 5) is 36.0. The Morgan fingerprint density at radius 2 is 0.542 bits per heavy atom. The molecular formula is C10H32N2Na2O10. The van der Waals surface area contributed by atoms with Gasteiger partial charge in [0, 0.05) is 27.7 Å². The Labute approximate surface area is 185 Å². The molecule has 0 unspecified atom stereocenters. The van der Waals surface area contributed by atoms with Crippen LogP contribution in [0.2, 0.25) is 0 Å². The van der Waals surface area contributed by atoms with E-state index in [-0.39, 0.29) is 82.4 Å². The van der Waals surface area contributed by atoms with Crippen LogP contribution in [0.25, 0.3) is 0 Å². The first-order valence-electron chi connectivity index (χ1n) is 4.21. The SMILES string of the molecule is C=C.CC(=O)O.CC(=O)O.CC(=O)O.CC(=O)O.N.N.O.O.[NaH].[NaH]. The molecule has 0 aliphatic carbocycles. The van der Waals surface area contributed by atoms with Gasteiger partial charge in [-0.3, -0.25) is 19.2 Å². The fourth-order valence-corrected chi connectivity index (χ4v) is 0. The molecule has 14 N–H and O–H groups in total. The molecule has 0 rings (SSSR count). The summed E-state index contributed by atoms with van der Waals surface area (Å²) in [5.74, 6) is -3.33. The Morgan fingerprint density at radius 1 is 0.542 bits per heavy atom. The van der Waals surface area contributed by atoms with E-state index in [4.69, 9.17) is 39.6 Å². The average Bonchev–Trinajstić information content (AvgIpc) is 2.01. The predicted octanol–water partition coefficient (Wildman–Crippen LogP) is -1.46. The van der Waals surface area contributed by atoms with Gasteiger partial charge in [0.1, 0.15) is 0 Å². The molecule has 14 heteroatoms. The summed E-state index contributed by atoms with van der Waals surface area (Å²) in [7, 11) is 0. The van der Waals surface area contributed by atoms with Crippen LogP contribution in [0.1, 0.15) is 27.7 Å². The van der Waals surface area contributed by atoms with Gasteiger partial charge in [0.15, 0.2) is 0 Å². The zero-order valence-corrected chi connectivity index (χ0v) is 13.3.